The molecule has 0 unspecified atom stereocenters. The molecule has 0 spiro atoms. The molecular weight excluding hydrogens is 338 g/mol. The molecule has 0 atom stereocenters. The Hall–Kier alpha value is -1.60. The molecule has 2 saturated heterocycles. The highest BCUT2D eigenvalue weighted by atomic mass is 32.2. The number of piperazine rings is 1. The van der Waals surface area contributed by atoms with Gasteiger partial charge in [-0.3, -0.25) is 0 Å². The summed E-state index contributed by atoms with van der Waals surface area (Å²) in [5.74, 6) is 0. The predicted molar refractivity (Wildman–Crippen MR) is 97.1 cm³/mol. The Bertz CT molecular complexity index is 734. The zero-order chi connectivity index (χ0) is 18.0. The van der Waals surface area contributed by atoms with Gasteiger partial charge in [0.05, 0.1) is 4.90 Å². The third-order valence-corrected chi connectivity index (χ3v) is 7.15. The molecule has 0 N–H and O–H groups in total. The minimum absolute atomic E-state index is 0.0583. The van der Waals surface area contributed by atoms with Gasteiger partial charge in [-0.25, -0.2) is 13.2 Å². The van der Waals surface area contributed by atoms with Crippen LogP contribution >= 0.6 is 0 Å². The fraction of sp³-hybridized carbons (Fsp3) is 0.611. The van der Waals surface area contributed by atoms with Crippen molar-refractivity contribution >= 4 is 16.1 Å². The van der Waals surface area contributed by atoms with Crippen molar-refractivity contribution in [1.82, 2.24) is 14.1 Å². The van der Waals surface area contributed by atoms with Crippen LogP contribution in [0.3, 0.4) is 0 Å². The largest absolute Gasteiger partial charge is 0.325 e. The van der Waals surface area contributed by atoms with Crippen LogP contribution in [-0.2, 0) is 10.0 Å². The van der Waals surface area contributed by atoms with Gasteiger partial charge in [0, 0.05) is 39.3 Å². The van der Waals surface area contributed by atoms with Crippen molar-refractivity contribution < 1.29 is 13.2 Å². The second kappa shape index (κ2) is 7.33. The monoisotopic (exact) mass is 365 g/mol. The summed E-state index contributed by atoms with van der Waals surface area (Å²) in [4.78, 5) is 16.6. The van der Waals surface area contributed by atoms with Crippen molar-refractivity contribution in [3.05, 3.63) is 29.3 Å². The standard InChI is InChI=1S/C18H27N3O3S/c1-15-6-7-17(14-16(15)2)25(23,24)21-12-10-20(11-13-21)18(22)19-8-4-3-5-9-19/h6-7,14H,3-5,8-13H2,1-2H3. The van der Waals surface area contributed by atoms with Crippen molar-refractivity contribution in [1.29, 1.82) is 0 Å². The molecule has 1 aromatic rings. The summed E-state index contributed by atoms with van der Waals surface area (Å²) in [5, 5.41) is 0. The van der Waals surface area contributed by atoms with Crippen LogP contribution in [0.2, 0.25) is 0 Å². The number of carbonyl (C=O) groups excluding carboxylic acids is 1. The Morgan fingerprint density at radius 1 is 0.840 bits per heavy atom. The van der Waals surface area contributed by atoms with E-state index in [0.717, 1.165) is 37.1 Å². The lowest BCUT2D eigenvalue weighted by Gasteiger charge is -2.38. The van der Waals surface area contributed by atoms with Crippen molar-refractivity contribution in [3.8, 4) is 0 Å². The Kier molecular flexibility index (Phi) is 5.34. The molecule has 0 aromatic heterocycles. The lowest BCUT2D eigenvalue weighted by molar-refractivity contribution is 0.126. The first-order valence-corrected chi connectivity index (χ1v) is 10.4. The molecule has 3 rings (SSSR count). The highest BCUT2D eigenvalue weighted by molar-refractivity contribution is 7.89. The van der Waals surface area contributed by atoms with E-state index in [0.29, 0.717) is 31.1 Å². The summed E-state index contributed by atoms with van der Waals surface area (Å²) in [5.41, 5.74) is 2.05. The van der Waals surface area contributed by atoms with Gasteiger partial charge in [0.2, 0.25) is 10.0 Å². The summed E-state index contributed by atoms with van der Waals surface area (Å²) in [7, 11) is -3.49. The third-order valence-electron chi connectivity index (χ3n) is 5.25. The van der Waals surface area contributed by atoms with Gasteiger partial charge in [0.15, 0.2) is 0 Å². The molecule has 2 amide bonds. The fourth-order valence-electron chi connectivity index (χ4n) is 3.43. The summed E-state index contributed by atoms with van der Waals surface area (Å²) in [6.45, 7) is 7.16. The number of amides is 2. The minimum atomic E-state index is -3.49. The number of benzene rings is 1. The maximum atomic E-state index is 12.8. The lowest BCUT2D eigenvalue weighted by atomic mass is 10.1. The maximum Gasteiger partial charge on any atom is 0.320 e. The van der Waals surface area contributed by atoms with Gasteiger partial charge in [0.1, 0.15) is 0 Å². The van der Waals surface area contributed by atoms with Gasteiger partial charge in [-0.05, 0) is 56.4 Å². The Morgan fingerprint density at radius 3 is 2.04 bits per heavy atom. The molecule has 2 aliphatic heterocycles. The number of hydrogen-bond acceptors (Lipinski definition) is 3. The zero-order valence-electron chi connectivity index (χ0n) is 15.1. The zero-order valence-corrected chi connectivity index (χ0v) is 15.9. The molecule has 2 fully saturated rings. The molecule has 0 radical (unpaired) electrons. The van der Waals surface area contributed by atoms with Crippen LogP contribution in [0.1, 0.15) is 30.4 Å². The van der Waals surface area contributed by atoms with Gasteiger partial charge < -0.3 is 9.80 Å². The van der Waals surface area contributed by atoms with E-state index in [4.69, 9.17) is 0 Å². The minimum Gasteiger partial charge on any atom is -0.325 e. The number of hydrogen-bond donors (Lipinski definition) is 0. The second-order valence-electron chi connectivity index (χ2n) is 6.97. The molecule has 0 bridgehead atoms. The first-order chi connectivity index (χ1) is 11.9. The summed E-state index contributed by atoms with van der Waals surface area (Å²) >= 11 is 0. The molecule has 2 heterocycles. The summed E-state index contributed by atoms with van der Waals surface area (Å²) in [6, 6.07) is 5.31. The van der Waals surface area contributed by atoms with Gasteiger partial charge in [0.25, 0.3) is 0 Å². The average Bonchev–Trinajstić information content (AvgIpc) is 2.64. The molecule has 0 saturated carbocycles. The molecule has 1 aromatic carbocycles. The first-order valence-electron chi connectivity index (χ1n) is 9.01. The van der Waals surface area contributed by atoms with E-state index in [2.05, 4.69) is 0 Å². The molecule has 7 heteroatoms. The second-order valence-corrected chi connectivity index (χ2v) is 8.91. The molecule has 2 aliphatic rings. The molecule has 6 nitrogen and oxygen atoms in total. The lowest BCUT2D eigenvalue weighted by Crippen LogP contribution is -2.54. The van der Waals surface area contributed by atoms with E-state index in [9.17, 15) is 13.2 Å². The van der Waals surface area contributed by atoms with Gasteiger partial charge in [-0.1, -0.05) is 6.07 Å². The van der Waals surface area contributed by atoms with Crippen molar-refractivity contribution in [2.24, 2.45) is 0 Å². The van der Waals surface area contributed by atoms with E-state index in [1.807, 2.05) is 24.8 Å². The van der Waals surface area contributed by atoms with Crippen LogP contribution in [0.15, 0.2) is 23.1 Å². The smallest absolute Gasteiger partial charge is 0.320 e. The number of likely N-dealkylation sites (tertiary alicyclic amines) is 1. The number of sulfonamides is 1. The van der Waals surface area contributed by atoms with Crippen LogP contribution in [0, 0.1) is 13.8 Å². The molecule has 138 valence electrons. The van der Waals surface area contributed by atoms with Crippen LogP contribution in [0.5, 0.6) is 0 Å². The van der Waals surface area contributed by atoms with E-state index in [1.165, 1.54) is 10.7 Å². The van der Waals surface area contributed by atoms with Crippen LogP contribution in [-0.4, -0.2) is 67.8 Å². The normalized spacial score (nSPS) is 19.9. The summed E-state index contributed by atoms with van der Waals surface area (Å²) < 4.78 is 27.2. The molecule has 0 aliphatic carbocycles. The maximum absolute atomic E-state index is 12.8. The van der Waals surface area contributed by atoms with Crippen LogP contribution in [0.25, 0.3) is 0 Å². The number of aryl methyl sites for hydroxylation is 2. The Morgan fingerprint density at radius 2 is 1.44 bits per heavy atom. The van der Waals surface area contributed by atoms with Crippen molar-refractivity contribution in [3.63, 3.8) is 0 Å². The highest BCUT2D eigenvalue weighted by Crippen LogP contribution is 2.21. The van der Waals surface area contributed by atoms with Gasteiger partial charge in [-0.2, -0.15) is 4.31 Å². The number of urea groups is 1. The van der Waals surface area contributed by atoms with E-state index < -0.39 is 10.0 Å². The van der Waals surface area contributed by atoms with Crippen LogP contribution in [0.4, 0.5) is 4.79 Å². The van der Waals surface area contributed by atoms with E-state index in [1.54, 1.807) is 17.0 Å². The molecule has 25 heavy (non-hydrogen) atoms. The van der Waals surface area contributed by atoms with Gasteiger partial charge >= 0.3 is 6.03 Å². The number of piperidine rings is 1. The third kappa shape index (κ3) is 3.82. The number of carbonyl (C=O) groups is 1. The van der Waals surface area contributed by atoms with E-state index in [-0.39, 0.29) is 6.03 Å². The van der Waals surface area contributed by atoms with E-state index >= 15 is 0 Å². The Balaban J connectivity index is 1.64. The first kappa shape index (κ1) is 18.2. The number of nitrogens with zero attached hydrogens (tertiary/aromatic N) is 3. The van der Waals surface area contributed by atoms with Crippen LogP contribution < -0.4 is 0 Å². The predicted octanol–water partition coefficient (Wildman–Crippen LogP) is 2.22. The topological polar surface area (TPSA) is 60.9 Å². The van der Waals surface area contributed by atoms with Crippen molar-refractivity contribution in [2.45, 2.75) is 38.0 Å². The molecular formula is C18H27N3O3S. The fourth-order valence-corrected chi connectivity index (χ4v) is 4.94. The number of rotatable bonds is 2. The quantitative estimate of drug-likeness (QED) is 0.807. The van der Waals surface area contributed by atoms with Crippen molar-refractivity contribution in [2.75, 3.05) is 39.3 Å². The van der Waals surface area contributed by atoms with Gasteiger partial charge in [-0.15, -0.1) is 0 Å². The SMILES string of the molecule is Cc1ccc(S(=O)(=O)N2CCN(C(=O)N3CCCCC3)CC2)cc1C. The Labute approximate surface area is 150 Å². The highest BCUT2D eigenvalue weighted by Gasteiger charge is 2.32. The average molecular weight is 365 g/mol. The summed E-state index contributed by atoms with van der Waals surface area (Å²) in [6.07, 6.45) is 3.31.